The summed E-state index contributed by atoms with van der Waals surface area (Å²) in [6, 6.07) is 11.9. The van der Waals surface area contributed by atoms with Gasteiger partial charge in [-0.3, -0.25) is 4.79 Å². The fourth-order valence-corrected chi connectivity index (χ4v) is 4.69. The van der Waals surface area contributed by atoms with E-state index in [1.807, 2.05) is 25.1 Å². The average Bonchev–Trinajstić information content (AvgIpc) is 2.64. The molecule has 1 heterocycles. The molecule has 2 aromatic rings. The van der Waals surface area contributed by atoms with E-state index in [1.165, 1.54) is 23.4 Å². The minimum Gasteiger partial charge on any atom is -0.369 e. The Hall–Kier alpha value is -1.89. The number of sulfonamides is 1. The molecule has 0 saturated carbocycles. The summed E-state index contributed by atoms with van der Waals surface area (Å²) >= 11 is 6.10. The lowest BCUT2D eigenvalue weighted by Crippen LogP contribution is -2.48. The first kappa shape index (κ1) is 18.9. The maximum atomic E-state index is 12.8. The van der Waals surface area contributed by atoms with E-state index in [0.29, 0.717) is 36.8 Å². The Morgan fingerprint density at radius 2 is 1.62 bits per heavy atom. The maximum Gasteiger partial charge on any atom is 0.243 e. The van der Waals surface area contributed by atoms with Gasteiger partial charge in [0.2, 0.25) is 10.0 Å². The molecule has 2 aromatic carbocycles. The molecule has 0 unspecified atom stereocenters. The highest BCUT2D eigenvalue weighted by Gasteiger charge is 2.29. The molecule has 7 heteroatoms. The number of halogens is 1. The smallest absolute Gasteiger partial charge is 0.243 e. The standard InChI is InChI=1S/C19H21ClN2O3S/c1-14-3-6-17(20)13-19(14)21-9-11-22(12-10-21)26(24,25)18-7-4-16(5-8-18)15(2)23/h3-8,13H,9-12H2,1-2H3. The van der Waals surface area contributed by atoms with Gasteiger partial charge in [-0.15, -0.1) is 0 Å². The number of carbonyl (C=O) groups is 1. The van der Waals surface area contributed by atoms with E-state index < -0.39 is 10.0 Å². The third kappa shape index (κ3) is 3.77. The monoisotopic (exact) mass is 392 g/mol. The van der Waals surface area contributed by atoms with Gasteiger partial charge in [0.25, 0.3) is 0 Å². The minimum atomic E-state index is -3.56. The molecule has 0 amide bonds. The third-order valence-electron chi connectivity index (χ3n) is 4.65. The first-order valence-electron chi connectivity index (χ1n) is 8.41. The van der Waals surface area contributed by atoms with E-state index in [1.54, 1.807) is 12.1 Å². The van der Waals surface area contributed by atoms with Gasteiger partial charge in [-0.05, 0) is 43.7 Å². The zero-order valence-corrected chi connectivity index (χ0v) is 16.3. The number of benzene rings is 2. The summed E-state index contributed by atoms with van der Waals surface area (Å²) in [7, 11) is -3.56. The van der Waals surface area contributed by atoms with Gasteiger partial charge in [0.1, 0.15) is 0 Å². The lowest BCUT2D eigenvalue weighted by Gasteiger charge is -2.36. The maximum absolute atomic E-state index is 12.8. The number of piperazine rings is 1. The number of hydrogen-bond acceptors (Lipinski definition) is 4. The molecule has 0 aliphatic carbocycles. The van der Waals surface area contributed by atoms with E-state index in [9.17, 15) is 13.2 Å². The molecule has 0 spiro atoms. The van der Waals surface area contributed by atoms with Crippen LogP contribution < -0.4 is 4.90 Å². The van der Waals surface area contributed by atoms with Gasteiger partial charge < -0.3 is 4.90 Å². The predicted octanol–water partition coefficient (Wildman–Crippen LogP) is 3.36. The summed E-state index contributed by atoms with van der Waals surface area (Å²) in [4.78, 5) is 13.7. The topological polar surface area (TPSA) is 57.7 Å². The van der Waals surface area contributed by atoms with E-state index in [4.69, 9.17) is 11.6 Å². The number of aryl methyl sites for hydroxylation is 1. The lowest BCUT2D eigenvalue weighted by molar-refractivity contribution is 0.101. The summed E-state index contributed by atoms with van der Waals surface area (Å²) in [5, 5.41) is 0.672. The SMILES string of the molecule is CC(=O)c1ccc(S(=O)(=O)N2CCN(c3cc(Cl)ccc3C)CC2)cc1. The van der Waals surface area contributed by atoms with Crippen molar-refractivity contribution in [1.29, 1.82) is 0 Å². The van der Waals surface area contributed by atoms with Crippen LogP contribution in [-0.4, -0.2) is 44.7 Å². The molecular weight excluding hydrogens is 372 g/mol. The van der Waals surface area contributed by atoms with Crippen LogP contribution in [0.15, 0.2) is 47.4 Å². The van der Waals surface area contributed by atoms with Crippen molar-refractivity contribution in [1.82, 2.24) is 4.31 Å². The molecule has 1 fully saturated rings. The van der Waals surface area contributed by atoms with Crippen LogP contribution in [0.2, 0.25) is 5.02 Å². The molecule has 0 atom stereocenters. The first-order valence-corrected chi connectivity index (χ1v) is 10.2. The summed E-state index contributed by atoms with van der Waals surface area (Å²) in [5.74, 6) is -0.0838. The molecule has 0 N–H and O–H groups in total. The molecule has 1 saturated heterocycles. The van der Waals surface area contributed by atoms with Crippen LogP contribution in [0.4, 0.5) is 5.69 Å². The second-order valence-corrected chi connectivity index (χ2v) is 8.78. The molecule has 0 aromatic heterocycles. The molecule has 3 rings (SSSR count). The van der Waals surface area contributed by atoms with Crippen molar-refractivity contribution in [3.05, 3.63) is 58.6 Å². The normalized spacial score (nSPS) is 15.9. The summed E-state index contributed by atoms with van der Waals surface area (Å²) in [5.41, 5.74) is 2.66. The van der Waals surface area contributed by atoms with E-state index in [0.717, 1.165) is 11.3 Å². The number of Topliss-reactive ketones (excluding diaryl/α,β-unsaturated/α-hetero) is 1. The zero-order chi connectivity index (χ0) is 18.9. The second kappa shape index (κ2) is 7.39. The summed E-state index contributed by atoms with van der Waals surface area (Å²) in [6.45, 7) is 5.50. The van der Waals surface area contributed by atoms with Crippen molar-refractivity contribution in [3.63, 3.8) is 0 Å². The summed E-state index contributed by atoms with van der Waals surface area (Å²) < 4.78 is 27.2. The highest BCUT2D eigenvalue weighted by Crippen LogP contribution is 2.26. The van der Waals surface area contributed by atoms with Crippen LogP contribution in [0, 0.1) is 6.92 Å². The number of ketones is 1. The van der Waals surface area contributed by atoms with E-state index >= 15 is 0 Å². The molecule has 26 heavy (non-hydrogen) atoms. The lowest BCUT2D eigenvalue weighted by atomic mass is 10.1. The van der Waals surface area contributed by atoms with E-state index in [2.05, 4.69) is 4.90 Å². The number of anilines is 1. The number of hydrogen-bond donors (Lipinski definition) is 0. The van der Waals surface area contributed by atoms with Crippen LogP contribution in [0.5, 0.6) is 0 Å². The largest absolute Gasteiger partial charge is 0.369 e. The summed E-state index contributed by atoms with van der Waals surface area (Å²) in [6.07, 6.45) is 0. The van der Waals surface area contributed by atoms with Crippen molar-refractivity contribution in [2.45, 2.75) is 18.7 Å². The van der Waals surface area contributed by atoms with Crippen molar-refractivity contribution in [2.24, 2.45) is 0 Å². The zero-order valence-electron chi connectivity index (χ0n) is 14.8. The fraction of sp³-hybridized carbons (Fsp3) is 0.316. The van der Waals surface area contributed by atoms with Gasteiger partial charge in [-0.25, -0.2) is 8.42 Å². The Balaban J connectivity index is 1.74. The van der Waals surface area contributed by atoms with Gasteiger partial charge in [-0.2, -0.15) is 4.31 Å². The van der Waals surface area contributed by atoms with Crippen LogP contribution in [0.25, 0.3) is 0 Å². The quantitative estimate of drug-likeness (QED) is 0.748. The Labute approximate surface area is 159 Å². The minimum absolute atomic E-state index is 0.0838. The molecular formula is C19H21ClN2O3S. The molecule has 138 valence electrons. The third-order valence-corrected chi connectivity index (χ3v) is 6.80. The van der Waals surface area contributed by atoms with Crippen LogP contribution in [0.3, 0.4) is 0 Å². The molecule has 1 aliphatic rings. The van der Waals surface area contributed by atoms with Gasteiger partial charge in [0.05, 0.1) is 4.90 Å². The molecule has 0 radical (unpaired) electrons. The number of rotatable bonds is 4. The Bertz CT molecular complexity index is 918. The van der Waals surface area contributed by atoms with Crippen molar-refractivity contribution < 1.29 is 13.2 Å². The first-order chi connectivity index (χ1) is 12.3. The highest BCUT2D eigenvalue weighted by atomic mass is 35.5. The number of nitrogens with zero attached hydrogens (tertiary/aromatic N) is 2. The Kier molecular flexibility index (Phi) is 5.37. The van der Waals surface area contributed by atoms with Crippen LogP contribution >= 0.6 is 11.6 Å². The average molecular weight is 393 g/mol. The van der Waals surface area contributed by atoms with Gasteiger partial charge in [0, 0.05) is 42.5 Å². The van der Waals surface area contributed by atoms with Crippen LogP contribution in [0.1, 0.15) is 22.8 Å². The van der Waals surface area contributed by atoms with Gasteiger partial charge >= 0.3 is 0 Å². The van der Waals surface area contributed by atoms with Gasteiger partial charge in [0.15, 0.2) is 5.78 Å². The van der Waals surface area contributed by atoms with Crippen molar-refractivity contribution >= 4 is 33.1 Å². The predicted molar refractivity (Wildman–Crippen MR) is 104 cm³/mol. The highest BCUT2D eigenvalue weighted by molar-refractivity contribution is 7.89. The van der Waals surface area contributed by atoms with E-state index in [-0.39, 0.29) is 10.7 Å². The van der Waals surface area contributed by atoms with Crippen molar-refractivity contribution in [3.8, 4) is 0 Å². The van der Waals surface area contributed by atoms with Crippen LogP contribution in [-0.2, 0) is 10.0 Å². The van der Waals surface area contributed by atoms with Crippen molar-refractivity contribution in [2.75, 3.05) is 31.1 Å². The van der Waals surface area contributed by atoms with Gasteiger partial charge in [-0.1, -0.05) is 29.8 Å². The Morgan fingerprint density at radius 1 is 1.00 bits per heavy atom. The second-order valence-electron chi connectivity index (χ2n) is 6.40. The molecule has 1 aliphatic heterocycles. The number of carbonyl (C=O) groups excluding carboxylic acids is 1. The molecule has 5 nitrogen and oxygen atoms in total. The fourth-order valence-electron chi connectivity index (χ4n) is 3.10. The molecule has 0 bridgehead atoms. The Morgan fingerprint density at radius 3 is 2.19 bits per heavy atom.